The largest absolute Gasteiger partial charge is 0.338 e. The number of urea groups is 1. The first-order valence-electron chi connectivity index (χ1n) is 9.34. The fourth-order valence-corrected chi connectivity index (χ4v) is 3.86. The van der Waals surface area contributed by atoms with Gasteiger partial charge < -0.3 is 10.2 Å². The summed E-state index contributed by atoms with van der Waals surface area (Å²) in [6.07, 6.45) is 3.44. The molecule has 3 rings (SSSR count). The maximum absolute atomic E-state index is 12.7. The van der Waals surface area contributed by atoms with Crippen LogP contribution in [0.4, 0.5) is 9.93 Å². The molecule has 1 aliphatic heterocycles. The minimum absolute atomic E-state index is 0.168. The lowest BCUT2D eigenvalue weighted by Crippen LogP contribution is -2.47. The van der Waals surface area contributed by atoms with E-state index < -0.39 is 6.04 Å². The second-order valence-corrected chi connectivity index (χ2v) is 7.69. The minimum Gasteiger partial charge on any atom is -0.338 e. The number of aromatic nitrogens is 2. The summed E-state index contributed by atoms with van der Waals surface area (Å²) in [7, 11) is 0. The molecule has 0 bridgehead atoms. The normalized spacial score (nSPS) is 16.4. The van der Waals surface area contributed by atoms with Gasteiger partial charge in [0.15, 0.2) is 0 Å². The fourth-order valence-electron chi connectivity index (χ4n) is 3.11. The molecule has 1 fully saturated rings. The number of likely N-dealkylation sites (tertiary alicyclic amines) is 1. The van der Waals surface area contributed by atoms with E-state index in [1.54, 1.807) is 4.90 Å². The predicted molar refractivity (Wildman–Crippen MR) is 107 cm³/mol. The van der Waals surface area contributed by atoms with Crippen molar-refractivity contribution in [3.8, 4) is 10.6 Å². The Labute approximate surface area is 163 Å². The molecule has 1 saturated heterocycles. The summed E-state index contributed by atoms with van der Waals surface area (Å²) in [6, 6.07) is 7.37. The maximum Gasteiger partial charge on any atom is 0.318 e. The molecule has 0 spiro atoms. The maximum atomic E-state index is 12.7. The Hall–Kier alpha value is -2.48. The van der Waals surface area contributed by atoms with Crippen LogP contribution in [-0.2, 0) is 4.79 Å². The molecule has 1 atom stereocenters. The molecule has 8 heteroatoms. The Morgan fingerprint density at radius 2 is 2.19 bits per heavy atom. The zero-order chi connectivity index (χ0) is 19.2. The van der Waals surface area contributed by atoms with Crippen LogP contribution in [0.5, 0.6) is 0 Å². The van der Waals surface area contributed by atoms with Crippen LogP contribution in [-0.4, -0.2) is 46.2 Å². The molecule has 1 aromatic carbocycles. The monoisotopic (exact) mass is 387 g/mol. The van der Waals surface area contributed by atoms with Gasteiger partial charge in [0.1, 0.15) is 11.0 Å². The first kappa shape index (κ1) is 19.3. The number of nitrogens with zero attached hydrogens (tertiary/aromatic N) is 3. The van der Waals surface area contributed by atoms with Gasteiger partial charge in [0.2, 0.25) is 11.0 Å². The standard InChI is InChI=1S/C19H25N5O2S/c1-3-4-10-20-19(26)24-11-6-9-15(24)16(25)21-18-23-22-17(27-18)14-8-5-7-13(2)12-14/h5,7-8,12,15H,3-4,6,9-11H2,1-2H3,(H,20,26)(H,21,23,25). The zero-order valence-electron chi connectivity index (χ0n) is 15.7. The van der Waals surface area contributed by atoms with E-state index in [1.165, 1.54) is 11.3 Å². The van der Waals surface area contributed by atoms with Gasteiger partial charge in [0.25, 0.3) is 0 Å². The number of nitrogens with one attached hydrogen (secondary N) is 2. The van der Waals surface area contributed by atoms with E-state index in [9.17, 15) is 9.59 Å². The Bertz CT molecular complexity index is 807. The molecule has 0 aliphatic carbocycles. The molecule has 1 aromatic heterocycles. The first-order valence-corrected chi connectivity index (χ1v) is 10.2. The van der Waals surface area contributed by atoms with E-state index in [0.29, 0.717) is 24.6 Å². The van der Waals surface area contributed by atoms with E-state index in [2.05, 4.69) is 27.8 Å². The van der Waals surface area contributed by atoms with E-state index in [1.807, 2.05) is 31.2 Å². The van der Waals surface area contributed by atoms with Crippen LogP contribution in [0.3, 0.4) is 0 Å². The number of hydrogen-bond acceptors (Lipinski definition) is 5. The summed E-state index contributed by atoms with van der Waals surface area (Å²) >= 11 is 1.34. The molecule has 2 N–H and O–H groups in total. The van der Waals surface area contributed by atoms with Crippen molar-refractivity contribution >= 4 is 28.4 Å². The lowest BCUT2D eigenvalue weighted by molar-refractivity contribution is -0.119. The van der Waals surface area contributed by atoms with Gasteiger partial charge in [-0.2, -0.15) is 0 Å². The second-order valence-electron chi connectivity index (χ2n) is 6.71. The van der Waals surface area contributed by atoms with Crippen LogP contribution >= 0.6 is 11.3 Å². The molecule has 2 heterocycles. The van der Waals surface area contributed by atoms with Crippen LogP contribution in [0.15, 0.2) is 24.3 Å². The highest BCUT2D eigenvalue weighted by atomic mass is 32.1. The molecular weight excluding hydrogens is 362 g/mol. The van der Waals surface area contributed by atoms with Gasteiger partial charge in [-0.3, -0.25) is 10.1 Å². The third kappa shape index (κ3) is 4.82. The average molecular weight is 388 g/mol. The molecule has 1 aliphatic rings. The fraction of sp³-hybridized carbons (Fsp3) is 0.474. The number of rotatable bonds is 6. The summed E-state index contributed by atoms with van der Waals surface area (Å²) < 4.78 is 0. The molecule has 3 amide bonds. The van der Waals surface area contributed by atoms with E-state index in [0.717, 1.165) is 35.4 Å². The van der Waals surface area contributed by atoms with Crippen molar-refractivity contribution in [2.45, 2.75) is 45.6 Å². The molecule has 2 aromatic rings. The molecule has 144 valence electrons. The second kappa shape index (κ2) is 8.94. The Balaban J connectivity index is 1.62. The van der Waals surface area contributed by atoms with Gasteiger partial charge in [0, 0.05) is 18.7 Å². The van der Waals surface area contributed by atoms with Crippen molar-refractivity contribution in [1.29, 1.82) is 0 Å². The van der Waals surface area contributed by atoms with Crippen LogP contribution in [0.1, 0.15) is 38.2 Å². The van der Waals surface area contributed by atoms with Crippen LogP contribution in [0.2, 0.25) is 0 Å². The molecular formula is C19H25N5O2S. The SMILES string of the molecule is CCCCNC(=O)N1CCCC1C(=O)Nc1nnc(-c2cccc(C)c2)s1. The number of carbonyl (C=O) groups excluding carboxylic acids is 2. The number of amides is 3. The third-order valence-electron chi connectivity index (χ3n) is 4.54. The Morgan fingerprint density at radius 3 is 2.96 bits per heavy atom. The lowest BCUT2D eigenvalue weighted by atomic mass is 10.1. The number of carbonyl (C=O) groups is 2. The topological polar surface area (TPSA) is 87.2 Å². The van der Waals surface area contributed by atoms with Crippen LogP contribution < -0.4 is 10.6 Å². The van der Waals surface area contributed by atoms with Crippen molar-refractivity contribution in [2.75, 3.05) is 18.4 Å². The minimum atomic E-state index is -0.460. The summed E-state index contributed by atoms with van der Waals surface area (Å²) in [5.74, 6) is -0.204. The highest BCUT2D eigenvalue weighted by Crippen LogP contribution is 2.27. The van der Waals surface area contributed by atoms with Crippen molar-refractivity contribution in [2.24, 2.45) is 0 Å². The van der Waals surface area contributed by atoms with Crippen LogP contribution in [0.25, 0.3) is 10.6 Å². The third-order valence-corrected chi connectivity index (χ3v) is 5.43. The smallest absolute Gasteiger partial charge is 0.318 e. The zero-order valence-corrected chi connectivity index (χ0v) is 16.5. The summed E-state index contributed by atoms with van der Waals surface area (Å²) in [4.78, 5) is 26.6. The Morgan fingerprint density at radius 1 is 1.33 bits per heavy atom. The Kier molecular flexibility index (Phi) is 6.39. The highest BCUT2D eigenvalue weighted by Gasteiger charge is 2.34. The van der Waals surface area contributed by atoms with E-state index in [-0.39, 0.29) is 11.9 Å². The molecule has 0 saturated carbocycles. The quantitative estimate of drug-likeness (QED) is 0.744. The van der Waals surface area contributed by atoms with Crippen LogP contribution in [0, 0.1) is 6.92 Å². The average Bonchev–Trinajstić information content (AvgIpc) is 3.31. The van der Waals surface area contributed by atoms with Crippen molar-refractivity contribution in [1.82, 2.24) is 20.4 Å². The number of hydrogen-bond donors (Lipinski definition) is 2. The van der Waals surface area contributed by atoms with E-state index in [4.69, 9.17) is 0 Å². The van der Waals surface area contributed by atoms with Crippen molar-refractivity contribution in [3.05, 3.63) is 29.8 Å². The molecule has 27 heavy (non-hydrogen) atoms. The number of anilines is 1. The first-order chi connectivity index (χ1) is 13.1. The van der Waals surface area contributed by atoms with Gasteiger partial charge in [-0.25, -0.2) is 4.79 Å². The summed E-state index contributed by atoms with van der Waals surface area (Å²) in [5.41, 5.74) is 2.12. The van der Waals surface area contributed by atoms with E-state index >= 15 is 0 Å². The lowest BCUT2D eigenvalue weighted by Gasteiger charge is -2.23. The number of unbranched alkanes of at least 4 members (excludes halogenated alkanes) is 1. The molecule has 1 unspecified atom stereocenters. The van der Waals surface area contributed by atoms with Gasteiger partial charge >= 0.3 is 6.03 Å². The number of benzene rings is 1. The van der Waals surface area contributed by atoms with Gasteiger partial charge in [0.05, 0.1) is 0 Å². The number of aryl methyl sites for hydroxylation is 1. The van der Waals surface area contributed by atoms with Gasteiger partial charge in [-0.1, -0.05) is 48.4 Å². The molecule has 0 radical (unpaired) electrons. The predicted octanol–water partition coefficient (Wildman–Crippen LogP) is 3.43. The summed E-state index contributed by atoms with van der Waals surface area (Å²) in [6.45, 7) is 5.33. The van der Waals surface area contributed by atoms with Crippen molar-refractivity contribution < 1.29 is 9.59 Å². The molecule has 7 nitrogen and oxygen atoms in total. The van der Waals surface area contributed by atoms with Gasteiger partial charge in [-0.05, 0) is 32.3 Å². The van der Waals surface area contributed by atoms with Crippen molar-refractivity contribution in [3.63, 3.8) is 0 Å². The summed E-state index contributed by atoms with van der Waals surface area (Å²) in [5, 5.41) is 15.2. The van der Waals surface area contributed by atoms with Gasteiger partial charge in [-0.15, -0.1) is 10.2 Å². The highest BCUT2D eigenvalue weighted by molar-refractivity contribution is 7.18.